The number of ether oxygens (including phenoxy) is 1. The fourth-order valence-electron chi connectivity index (χ4n) is 3.22. The third-order valence-electron chi connectivity index (χ3n) is 4.97. The lowest BCUT2D eigenvalue weighted by molar-refractivity contribution is 0.102. The summed E-state index contributed by atoms with van der Waals surface area (Å²) in [7, 11) is 0. The Morgan fingerprint density at radius 2 is 1.60 bits per heavy atom. The summed E-state index contributed by atoms with van der Waals surface area (Å²) in [4.78, 5) is 28.8. The average Bonchev–Trinajstić information content (AvgIpc) is 2.88. The molecule has 0 bridgehead atoms. The molecule has 0 fully saturated rings. The number of halogens is 1. The summed E-state index contributed by atoms with van der Waals surface area (Å²) in [5, 5.41) is 8.12. The summed E-state index contributed by atoms with van der Waals surface area (Å²) in [6.07, 6.45) is 3.47. The van der Waals surface area contributed by atoms with Crippen molar-refractivity contribution >= 4 is 23.3 Å². The summed E-state index contributed by atoms with van der Waals surface area (Å²) in [6.45, 7) is 0.738. The summed E-state index contributed by atoms with van der Waals surface area (Å²) in [5.74, 6) is -0.136. The second-order valence-electron chi connectivity index (χ2n) is 7.65. The van der Waals surface area contributed by atoms with Crippen molar-refractivity contribution in [3.05, 3.63) is 120 Å². The highest BCUT2D eigenvalue weighted by Crippen LogP contribution is 2.16. The molecular weight excluding hydrogens is 447 g/mol. The zero-order valence-electron chi connectivity index (χ0n) is 18.7. The molecule has 35 heavy (non-hydrogen) atoms. The van der Waals surface area contributed by atoms with Gasteiger partial charge in [0.1, 0.15) is 18.2 Å². The van der Waals surface area contributed by atoms with Gasteiger partial charge in [0.2, 0.25) is 0 Å². The first-order valence-electron chi connectivity index (χ1n) is 10.9. The Balaban J connectivity index is 1.26. The predicted octanol–water partition coefficient (Wildman–Crippen LogP) is 5.37. The van der Waals surface area contributed by atoms with Crippen LogP contribution in [0.25, 0.3) is 0 Å². The number of carbonyl (C=O) groups is 2. The fraction of sp³-hybridized carbons (Fsp3) is 0.0741. The first-order chi connectivity index (χ1) is 17.0. The van der Waals surface area contributed by atoms with E-state index in [4.69, 9.17) is 4.74 Å². The second kappa shape index (κ2) is 11.4. The number of carbonyl (C=O) groups excluding carboxylic acids is 2. The Morgan fingerprint density at radius 3 is 2.34 bits per heavy atom. The highest BCUT2D eigenvalue weighted by atomic mass is 19.1. The number of amides is 3. The molecule has 0 saturated carbocycles. The standard InChI is InChI=1S/C27H23FN4O3/c28-22-6-2-8-24(15-22)31-26(33)21-5-1-7-23(14-21)32-27(34)30-17-19-9-11-25(12-10-19)35-18-20-4-3-13-29-16-20/h1-16H,17-18H2,(H,31,33)(H2,30,32,34). The molecule has 0 aliphatic heterocycles. The summed E-state index contributed by atoms with van der Waals surface area (Å²) < 4.78 is 19.1. The van der Waals surface area contributed by atoms with Gasteiger partial charge in [-0.05, 0) is 60.2 Å². The van der Waals surface area contributed by atoms with Gasteiger partial charge in [-0.1, -0.05) is 30.3 Å². The van der Waals surface area contributed by atoms with Crippen molar-refractivity contribution in [2.24, 2.45) is 0 Å². The van der Waals surface area contributed by atoms with Crippen LogP contribution in [-0.2, 0) is 13.2 Å². The Hall–Kier alpha value is -4.72. The largest absolute Gasteiger partial charge is 0.489 e. The van der Waals surface area contributed by atoms with Gasteiger partial charge in [0.25, 0.3) is 5.91 Å². The van der Waals surface area contributed by atoms with E-state index in [-0.39, 0.29) is 0 Å². The Labute approximate surface area is 202 Å². The molecule has 0 spiro atoms. The van der Waals surface area contributed by atoms with Crippen molar-refractivity contribution in [1.82, 2.24) is 10.3 Å². The summed E-state index contributed by atoms with van der Waals surface area (Å²) >= 11 is 0. The molecule has 3 N–H and O–H groups in total. The normalized spacial score (nSPS) is 10.3. The van der Waals surface area contributed by atoms with Gasteiger partial charge in [0.15, 0.2) is 0 Å². The van der Waals surface area contributed by atoms with Gasteiger partial charge in [0.05, 0.1) is 0 Å². The zero-order valence-corrected chi connectivity index (χ0v) is 18.7. The maximum atomic E-state index is 13.3. The van der Waals surface area contributed by atoms with E-state index < -0.39 is 17.8 Å². The van der Waals surface area contributed by atoms with E-state index in [0.717, 1.165) is 16.9 Å². The van der Waals surface area contributed by atoms with Gasteiger partial charge in [-0.3, -0.25) is 9.78 Å². The van der Waals surface area contributed by atoms with Crippen LogP contribution in [0.5, 0.6) is 5.75 Å². The smallest absolute Gasteiger partial charge is 0.319 e. The van der Waals surface area contributed by atoms with Crippen molar-refractivity contribution in [2.75, 3.05) is 10.6 Å². The van der Waals surface area contributed by atoms with Crippen LogP contribution in [0, 0.1) is 5.82 Å². The lowest BCUT2D eigenvalue weighted by Gasteiger charge is -2.10. The Bertz CT molecular complexity index is 1300. The van der Waals surface area contributed by atoms with Crippen LogP contribution >= 0.6 is 0 Å². The predicted molar refractivity (Wildman–Crippen MR) is 132 cm³/mol. The van der Waals surface area contributed by atoms with E-state index in [1.54, 1.807) is 42.7 Å². The maximum absolute atomic E-state index is 13.3. The SMILES string of the molecule is O=C(NCc1ccc(OCc2cccnc2)cc1)Nc1cccc(C(=O)Nc2cccc(F)c2)c1. The highest BCUT2D eigenvalue weighted by Gasteiger charge is 2.09. The molecule has 7 nitrogen and oxygen atoms in total. The highest BCUT2D eigenvalue weighted by molar-refractivity contribution is 6.05. The first-order valence-corrected chi connectivity index (χ1v) is 10.9. The van der Waals surface area contributed by atoms with Gasteiger partial charge in [-0.25, -0.2) is 9.18 Å². The van der Waals surface area contributed by atoms with Crippen LogP contribution in [0.4, 0.5) is 20.6 Å². The van der Waals surface area contributed by atoms with E-state index in [1.165, 1.54) is 18.2 Å². The van der Waals surface area contributed by atoms with E-state index in [9.17, 15) is 14.0 Å². The molecule has 3 amide bonds. The van der Waals surface area contributed by atoms with Crippen molar-refractivity contribution in [1.29, 1.82) is 0 Å². The van der Waals surface area contributed by atoms with E-state index in [0.29, 0.717) is 30.1 Å². The number of hydrogen-bond acceptors (Lipinski definition) is 4. The summed E-state index contributed by atoms with van der Waals surface area (Å²) in [5.41, 5.74) is 3.00. The molecule has 1 heterocycles. The van der Waals surface area contributed by atoms with Crippen molar-refractivity contribution in [3.8, 4) is 5.75 Å². The Morgan fingerprint density at radius 1 is 0.829 bits per heavy atom. The number of pyridine rings is 1. The van der Waals surface area contributed by atoms with E-state index in [2.05, 4.69) is 20.9 Å². The lowest BCUT2D eigenvalue weighted by atomic mass is 10.2. The molecule has 0 unspecified atom stereocenters. The third kappa shape index (κ3) is 7.13. The molecule has 0 atom stereocenters. The minimum absolute atomic E-state index is 0.314. The number of benzene rings is 3. The van der Waals surface area contributed by atoms with Crippen LogP contribution in [0.2, 0.25) is 0 Å². The topological polar surface area (TPSA) is 92.3 Å². The van der Waals surface area contributed by atoms with Crippen LogP contribution in [-0.4, -0.2) is 16.9 Å². The zero-order chi connectivity index (χ0) is 24.5. The Kier molecular flexibility index (Phi) is 7.65. The molecule has 8 heteroatoms. The van der Waals surface area contributed by atoms with Gasteiger partial charge in [-0.2, -0.15) is 0 Å². The number of rotatable bonds is 8. The molecule has 176 valence electrons. The molecule has 0 saturated heterocycles. The first kappa shape index (κ1) is 23.4. The number of hydrogen-bond donors (Lipinski definition) is 3. The molecule has 1 aromatic heterocycles. The van der Waals surface area contributed by atoms with Gasteiger partial charge in [-0.15, -0.1) is 0 Å². The number of nitrogens with one attached hydrogen (secondary N) is 3. The van der Waals surface area contributed by atoms with Gasteiger partial charge < -0.3 is 20.7 Å². The van der Waals surface area contributed by atoms with Crippen molar-refractivity contribution in [2.45, 2.75) is 13.2 Å². The number of nitrogens with zero attached hydrogens (tertiary/aromatic N) is 1. The molecule has 0 aliphatic rings. The molecule has 4 aromatic rings. The van der Waals surface area contributed by atoms with E-state index >= 15 is 0 Å². The van der Waals surface area contributed by atoms with E-state index in [1.807, 2.05) is 36.4 Å². The average molecular weight is 471 g/mol. The molecular formula is C27H23FN4O3. The van der Waals surface area contributed by atoms with Crippen LogP contribution < -0.4 is 20.7 Å². The minimum atomic E-state index is -0.443. The van der Waals surface area contributed by atoms with Crippen molar-refractivity contribution in [3.63, 3.8) is 0 Å². The molecule has 4 rings (SSSR count). The van der Waals surface area contributed by atoms with Crippen LogP contribution in [0.3, 0.4) is 0 Å². The van der Waals surface area contributed by atoms with Crippen LogP contribution in [0.15, 0.2) is 97.3 Å². The number of aromatic nitrogens is 1. The third-order valence-corrected chi connectivity index (χ3v) is 4.97. The van der Waals surface area contributed by atoms with Gasteiger partial charge >= 0.3 is 6.03 Å². The van der Waals surface area contributed by atoms with Crippen LogP contribution in [0.1, 0.15) is 21.5 Å². The monoisotopic (exact) mass is 470 g/mol. The minimum Gasteiger partial charge on any atom is -0.489 e. The summed E-state index contributed by atoms with van der Waals surface area (Å²) in [6, 6.07) is 22.9. The van der Waals surface area contributed by atoms with Gasteiger partial charge in [0, 0.05) is 41.4 Å². The fourth-order valence-corrected chi connectivity index (χ4v) is 3.22. The molecule has 0 radical (unpaired) electrons. The second-order valence-corrected chi connectivity index (χ2v) is 7.65. The maximum Gasteiger partial charge on any atom is 0.319 e. The quantitative estimate of drug-likeness (QED) is 0.323. The number of urea groups is 1. The molecule has 0 aliphatic carbocycles. The number of anilines is 2. The van der Waals surface area contributed by atoms with Crippen molar-refractivity contribution < 1.29 is 18.7 Å². The lowest BCUT2D eigenvalue weighted by Crippen LogP contribution is -2.28. The molecule has 3 aromatic carbocycles.